The number of rotatable bonds is 8. The highest BCUT2D eigenvalue weighted by atomic mass is 127. The number of halogens is 2. The molecule has 1 aromatic carbocycles. The minimum absolute atomic E-state index is 0. The first kappa shape index (κ1) is 23.5. The number of hydrogen-bond acceptors (Lipinski definition) is 4. The number of carbonyl (C=O) groups excluding carboxylic acids is 1. The summed E-state index contributed by atoms with van der Waals surface area (Å²) in [6, 6.07) is 11.3. The van der Waals surface area contributed by atoms with Crippen LogP contribution in [0.2, 0.25) is 5.02 Å². The molecule has 6 nitrogen and oxygen atoms in total. The van der Waals surface area contributed by atoms with Crippen molar-refractivity contribution in [1.29, 1.82) is 0 Å². The van der Waals surface area contributed by atoms with Crippen LogP contribution in [0, 0.1) is 0 Å². The number of aromatic nitrogens is 1. The van der Waals surface area contributed by atoms with E-state index in [0.717, 1.165) is 17.3 Å². The Morgan fingerprint density at radius 1 is 1.11 bits per heavy atom. The van der Waals surface area contributed by atoms with E-state index in [1.54, 1.807) is 43.3 Å². The highest BCUT2D eigenvalue weighted by Gasteiger charge is 2.04. The van der Waals surface area contributed by atoms with E-state index in [2.05, 4.69) is 25.9 Å². The first-order valence-corrected chi connectivity index (χ1v) is 9.56. The summed E-state index contributed by atoms with van der Waals surface area (Å²) in [6.07, 6.45) is 3.18. The SMILES string of the molecule is CN=C(NCCNC(=O)c1cccnc1)NCCSc1ccc(Cl)cc1.I. The summed E-state index contributed by atoms with van der Waals surface area (Å²) in [5.74, 6) is 1.47. The zero-order valence-corrected chi connectivity index (χ0v) is 18.8. The number of nitrogens with zero attached hydrogens (tertiary/aromatic N) is 2. The van der Waals surface area contributed by atoms with Crippen LogP contribution in [0.3, 0.4) is 0 Å². The summed E-state index contributed by atoms with van der Waals surface area (Å²) in [4.78, 5) is 21.2. The second kappa shape index (κ2) is 13.6. The van der Waals surface area contributed by atoms with Crippen molar-refractivity contribution >= 4 is 59.2 Å². The fraction of sp³-hybridized carbons (Fsp3) is 0.278. The first-order chi connectivity index (χ1) is 12.7. The lowest BCUT2D eigenvalue weighted by molar-refractivity contribution is 0.0954. The summed E-state index contributed by atoms with van der Waals surface area (Å²) in [7, 11) is 1.72. The third-order valence-corrected chi connectivity index (χ3v) is 4.59. The molecule has 2 rings (SSSR count). The zero-order chi connectivity index (χ0) is 18.6. The van der Waals surface area contributed by atoms with Crippen LogP contribution in [-0.4, -0.2) is 49.3 Å². The molecule has 0 spiro atoms. The molecule has 0 atom stereocenters. The maximum Gasteiger partial charge on any atom is 0.252 e. The van der Waals surface area contributed by atoms with E-state index in [4.69, 9.17) is 11.6 Å². The molecule has 0 radical (unpaired) electrons. The van der Waals surface area contributed by atoms with Gasteiger partial charge in [0.05, 0.1) is 5.56 Å². The average Bonchev–Trinajstić information content (AvgIpc) is 2.68. The Labute approximate surface area is 186 Å². The van der Waals surface area contributed by atoms with Gasteiger partial charge in [-0.15, -0.1) is 35.7 Å². The van der Waals surface area contributed by atoms with Gasteiger partial charge >= 0.3 is 0 Å². The number of thioether (sulfide) groups is 1. The van der Waals surface area contributed by atoms with E-state index in [1.807, 2.05) is 24.3 Å². The Morgan fingerprint density at radius 2 is 1.81 bits per heavy atom. The van der Waals surface area contributed by atoms with Gasteiger partial charge in [-0.05, 0) is 36.4 Å². The molecule has 0 aliphatic carbocycles. The van der Waals surface area contributed by atoms with E-state index < -0.39 is 0 Å². The summed E-state index contributed by atoms with van der Waals surface area (Å²) in [6.45, 7) is 1.85. The van der Waals surface area contributed by atoms with Crippen molar-refractivity contribution in [1.82, 2.24) is 20.9 Å². The molecular formula is C18H23ClIN5OS. The third-order valence-electron chi connectivity index (χ3n) is 3.33. The number of guanidine groups is 1. The van der Waals surface area contributed by atoms with Crippen molar-refractivity contribution in [2.75, 3.05) is 32.4 Å². The van der Waals surface area contributed by atoms with Crippen molar-refractivity contribution in [2.24, 2.45) is 4.99 Å². The van der Waals surface area contributed by atoms with E-state index in [1.165, 1.54) is 4.90 Å². The maximum atomic E-state index is 11.9. The second-order valence-electron chi connectivity index (χ2n) is 5.23. The van der Waals surface area contributed by atoms with E-state index in [0.29, 0.717) is 24.6 Å². The Bertz CT molecular complexity index is 715. The normalized spacial score (nSPS) is 10.7. The molecule has 0 saturated carbocycles. The molecule has 2 aromatic rings. The average molecular weight is 520 g/mol. The van der Waals surface area contributed by atoms with Crippen LogP contribution in [-0.2, 0) is 0 Å². The molecule has 1 aromatic heterocycles. The number of nitrogens with one attached hydrogen (secondary N) is 3. The molecule has 3 N–H and O–H groups in total. The number of hydrogen-bond donors (Lipinski definition) is 3. The molecule has 0 aliphatic rings. The summed E-state index contributed by atoms with van der Waals surface area (Å²) in [5.41, 5.74) is 0.550. The third kappa shape index (κ3) is 9.30. The van der Waals surface area contributed by atoms with E-state index >= 15 is 0 Å². The number of pyridine rings is 1. The van der Waals surface area contributed by atoms with Gasteiger partial charge in [0.25, 0.3) is 5.91 Å². The van der Waals surface area contributed by atoms with E-state index in [-0.39, 0.29) is 29.9 Å². The lowest BCUT2D eigenvalue weighted by atomic mass is 10.3. The predicted molar refractivity (Wildman–Crippen MR) is 124 cm³/mol. The molecule has 27 heavy (non-hydrogen) atoms. The van der Waals surface area contributed by atoms with Crippen molar-refractivity contribution in [3.63, 3.8) is 0 Å². The van der Waals surface area contributed by atoms with Gasteiger partial charge in [0.2, 0.25) is 0 Å². The molecule has 0 aliphatic heterocycles. The van der Waals surface area contributed by atoms with Crippen LogP contribution < -0.4 is 16.0 Å². The van der Waals surface area contributed by atoms with Crippen molar-refractivity contribution in [3.8, 4) is 0 Å². The number of carbonyl (C=O) groups is 1. The molecule has 146 valence electrons. The number of benzene rings is 1. The predicted octanol–water partition coefficient (Wildman–Crippen LogP) is 3.04. The fourth-order valence-corrected chi connectivity index (χ4v) is 2.94. The van der Waals surface area contributed by atoms with Gasteiger partial charge in [0, 0.05) is 54.7 Å². The van der Waals surface area contributed by atoms with Crippen molar-refractivity contribution < 1.29 is 4.79 Å². The Morgan fingerprint density at radius 3 is 2.48 bits per heavy atom. The molecule has 1 amide bonds. The molecule has 9 heteroatoms. The van der Waals surface area contributed by atoms with Gasteiger partial charge < -0.3 is 16.0 Å². The molecule has 0 fully saturated rings. The van der Waals surface area contributed by atoms with Crippen LogP contribution in [0.1, 0.15) is 10.4 Å². The van der Waals surface area contributed by atoms with Crippen LogP contribution in [0.4, 0.5) is 0 Å². The second-order valence-corrected chi connectivity index (χ2v) is 6.83. The van der Waals surface area contributed by atoms with Crippen LogP contribution in [0.5, 0.6) is 0 Å². The fourth-order valence-electron chi connectivity index (χ4n) is 2.05. The topological polar surface area (TPSA) is 78.4 Å². The summed E-state index contributed by atoms with van der Waals surface area (Å²) in [5, 5.41) is 9.98. The highest BCUT2D eigenvalue weighted by molar-refractivity contribution is 14.0. The van der Waals surface area contributed by atoms with Gasteiger partial charge in [0.15, 0.2) is 5.96 Å². The van der Waals surface area contributed by atoms with Gasteiger partial charge in [-0.25, -0.2) is 0 Å². The Balaban J connectivity index is 0.00000364. The van der Waals surface area contributed by atoms with Crippen LogP contribution in [0.25, 0.3) is 0 Å². The number of aliphatic imine (C=N–C) groups is 1. The quantitative estimate of drug-likeness (QED) is 0.164. The van der Waals surface area contributed by atoms with Crippen LogP contribution >= 0.6 is 47.3 Å². The summed E-state index contributed by atoms with van der Waals surface area (Å²) < 4.78 is 0. The van der Waals surface area contributed by atoms with Crippen LogP contribution in [0.15, 0.2) is 58.7 Å². The summed E-state index contributed by atoms with van der Waals surface area (Å²) >= 11 is 7.62. The minimum atomic E-state index is -0.137. The number of amides is 1. The first-order valence-electron chi connectivity index (χ1n) is 8.20. The van der Waals surface area contributed by atoms with Gasteiger partial charge in [-0.2, -0.15) is 0 Å². The van der Waals surface area contributed by atoms with Gasteiger partial charge in [0.1, 0.15) is 0 Å². The Hall–Kier alpha value is -1.52. The van der Waals surface area contributed by atoms with Crippen molar-refractivity contribution in [3.05, 3.63) is 59.4 Å². The lowest BCUT2D eigenvalue weighted by Gasteiger charge is -2.12. The highest BCUT2D eigenvalue weighted by Crippen LogP contribution is 2.19. The molecular weight excluding hydrogens is 497 g/mol. The Kier molecular flexibility index (Phi) is 11.9. The monoisotopic (exact) mass is 519 g/mol. The minimum Gasteiger partial charge on any atom is -0.356 e. The molecule has 1 heterocycles. The molecule has 0 unspecified atom stereocenters. The van der Waals surface area contributed by atoms with E-state index in [9.17, 15) is 4.79 Å². The van der Waals surface area contributed by atoms with Gasteiger partial charge in [-0.3, -0.25) is 14.8 Å². The molecule has 0 saturated heterocycles. The smallest absolute Gasteiger partial charge is 0.252 e. The lowest BCUT2D eigenvalue weighted by Crippen LogP contribution is -2.42. The molecule has 0 bridgehead atoms. The zero-order valence-electron chi connectivity index (χ0n) is 14.9. The van der Waals surface area contributed by atoms with Gasteiger partial charge in [-0.1, -0.05) is 11.6 Å². The maximum absolute atomic E-state index is 11.9. The standard InChI is InChI=1S/C18H22ClN5OS.HI/c1-20-18(24-11-12-26-16-6-4-15(19)5-7-16)23-10-9-22-17(25)14-3-2-8-21-13-14;/h2-8,13H,9-12H2,1H3,(H,22,25)(H2,20,23,24);1H. The largest absolute Gasteiger partial charge is 0.356 e. The van der Waals surface area contributed by atoms with Crippen molar-refractivity contribution in [2.45, 2.75) is 4.90 Å².